The van der Waals surface area contributed by atoms with Gasteiger partial charge in [-0.3, -0.25) is 4.79 Å². The summed E-state index contributed by atoms with van der Waals surface area (Å²) in [5, 5.41) is -0.918. The van der Waals surface area contributed by atoms with Crippen molar-refractivity contribution in [3.05, 3.63) is 59.9 Å². The lowest BCUT2D eigenvalue weighted by molar-refractivity contribution is -0.128. The zero-order chi connectivity index (χ0) is 20.4. The van der Waals surface area contributed by atoms with Crippen molar-refractivity contribution in [2.45, 2.75) is 16.0 Å². The van der Waals surface area contributed by atoms with Gasteiger partial charge >= 0.3 is 0 Å². The fraction of sp³-hybridized carbons (Fsp3) is 0.300. The summed E-state index contributed by atoms with van der Waals surface area (Å²) in [7, 11) is -3.54. The van der Waals surface area contributed by atoms with Crippen LogP contribution < -0.4 is 0 Å². The molecule has 1 aliphatic heterocycles. The van der Waals surface area contributed by atoms with Crippen molar-refractivity contribution in [3.8, 4) is 0 Å². The monoisotopic (exact) mass is 450 g/mol. The largest absolute Gasteiger partial charge is 0.341 e. The minimum absolute atomic E-state index is 0.126. The van der Waals surface area contributed by atoms with Crippen LogP contribution in [-0.4, -0.2) is 48.8 Å². The quantitative estimate of drug-likeness (QED) is 0.564. The van der Waals surface area contributed by atoms with E-state index in [9.17, 15) is 17.6 Å². The number of nitrogens with zero attached hydrogens (tertiary/aromatic N) is 2. The predicted molar refractivity (Wildman–Crippen MR) is 114 cm³/mol. The molecule has 0 bridgehead atoms. The van der Waals surface area contributed by atoms with Crippen molar-refractivity contribution in [1.29, 1.82) is 0 Å². The Hall–Kier alpha value is -1.97. The van der Waals surface area contributed by atoms with Gasteiger partial charge in [0.2, 0.25) is 5.91 Å². The average molecular weight is 451 g/mol. The summed E-state index contributed by atoms with van der Waals surface area (Å²) in [6, 6.07) is 13.7. The summed E-state index contributed by atoms with van der Waals surface area (Å²) in [4.78, 5) is 18.7. The van der Waals surface area contributed by atoms with Gasteiger partial charge in [0.15, 0.2) is 14.2 Å². The molecule has 0 N–H and O–H groups in total. The number of para-hydroxylation sites is 1. The molecule has 1 amide bonds. The van der Waals surface area contributed by atoms with Crippen LogP contribution in [0, 0.1) is 5.82 Å². The second-order valence-electron chi connectivity index (χ2n) is 6.78. The summed E-state index contributed by atoms with van der Waals surface area (Å²) >= 11 is 2.89. The number of rotatable bonds is 4. The van der Waals surface area contributed by atoms with Gasteiger partial charge < -0.3 is 4.90 Å². The number of aromatic nitrogens is 1. The molecule has 1 aliphatic rings. The first-order valence-electron chi connectivity index (χ1n) is 9.16. The molecule has 2 aromatic carbocycles. The van der Waals surface area contributed by atoms with E-state index in [1.807, 2.05) is 24.3 Å². The van der Waals surface area contributed by atoms with E-state index >= 15 is 0 Å². The summed E-state index contributed by atoms with van der Waals surface area (Å²) in [6.07, 6.45) is 0.195. The van der Waals surface area contributed by atoms with Crippen LogP contribution in [0.1, 0.15) is 17.2 Å². The minimum atomic E-state index is -3.54. The lowest BCUT2D eigenvalue weighted by Gasteiger charge is -2.19. The van der Waals surface area contributed by atoms with Gasteiger partial charge in [-0.05, 0) is 24.6 Å². The van der Waals surface area contributed by atoms with E-state index in [1.54, 1.807) is 11.0 Å². The Kier molecular flexibility index (Phi) is 5.89. The SMILES string of the molecule is O=C(CSc1nc2ccccc2s1)N1CCC(c2ccccc2F)S(=O)(=O)CC1. The molecule has 152 valence electrons. The van der Waals surface area contributed by atoms with Crippen molar-refractivity contribution in [1.82, 2.24) is 9.88 Å². The highest BCUT2D eigenvalue weighted by molar-refractivity contribution is 8.01. The Bertz CT molecular complexity index is 1110. The lowest BCUT2D eigenvalue weighted by atomic mass is 10.1. The third-order valence-electron chi connectivity index (χ3n) is 4.94. The highest BCUT2D eigenvalue weighted by atomic mass is 32.2. The molecule has 0 saturated carbocycles. The maximum absolute atomic E-state index is 14.1. The number of hydrogen-bond acceptors (Lipinski definition) is 6. The van der Waals surface area contributed by atoms with E-state index in [0.29, 0.717) is 0 Å². The van der Waals surface area contributed by atoms with Crippen LogP contribution in [0.5, 0.6) is 0 Å². The molecule has 5 nitrogen and oxygen atoms in total. The van der Waals surface area contributed by atoms with Crippen molar-refractivity contribution in [3.63, 3.8) is 0 Å². The van der Waals surface area contributed by atoms with Crippen LogP contribution >= 0.6 is 23.1 Å². The highest BCUT2D eigenvalue weighted by Crippen LogP contribution is 2.32. The number of sulfone groups is 1. The molecule has 4 rings (SSSR count). The Labute approximate surface area is 176 Å². The van der Waals surface area contributed by atoms with E-state index in [-0.39, 0.29) is 42.5 Å². The molecule has 0 radical (unpaired) electrons. The number of thioether (sulfide) groups is 1. The summed E-state index contributed by atoms with van der Waals surface area (Å²) in [5.41, 5.74) is 1.09. The van der Waals surface area contributed by atoms with E-state index in [2.05, 4.69) is 4.98 Å². The van der Waals surface area contributed by atoms with Crippen molar-refractivity contribution >= 4 is 49.1 Å². The Morgan fingerprint density at radius 2 is 1.93 bits per heavy atom. The van der Waals surface area contributed by atoms with Gasteiger partial charge in [-0.1, -0.05) is 42.1 Å². The van der Waals surface area contributed by atoms with Gasteiger partial charge in [-0.2, -0.15) is 0 Å². The fourth-order valence-electron chi connectivity index (χ4n) is 3.41. The van der Waals surface area contributed by atoms with Gasteiger partial charge in [0.25, 0.3) is 0 Å². The van der Waals surface area contributed by atoms with E-state index in [4.69, 9.17) is 0 Å². The number of benzene rings is 2. The second-order valence-corrected chi connectivity index (χ2v) is 11.3. The smallest absolute Gasteiger partial charge is 0.233 e. The van der Waals surface area contributed by atoms with E-state index in [0.717, 1.165) is 14.6 Å². The Balaban J connectivity index is 1.43. The van der Waals surface area contributed by atoms with Gasteiger partial charge in [-0.25, -0.2) is 17.8 Å². The zero-order valence-corrected chi connectivity index (χ0v) is 17.9. The number of carbonyl (C=O) groups is 1. The number of amides is 1. The number of fused-ring (bicyclic) bond motifs is 1. The van der Waals surface area contributed by atoms with Crippen molar-refractivity contribution in [2.75, 3.05) is 24.6 Å². The van der Waals surface area contributed by atoms with Crippen LogP contribution in [0.4, 0.5) is 4.39 Å². The third-order valence-corrected chi connectivity index (χ3v) is 9.21. The first-order chi connectivity index (χ1) is 13.9. The van der Waals surface area contributed by atoms with Crippen LogP contribution in [0.25, 0.3) is 10.2 Å². The molecule has 2 heterocycles. The highest BCUT2D eigenvalue weighted by Gasteiger charge is 2.34. The molecule has 29 heavy (non-hydrogen) atoms. The molecule has 1 saturated heterocycles. The van der Waals surface area contributed by atoms with Gasteiger partial charge in [0.05, 0.1) is 27.0 Å². The van der Waals surface area contributed by atoms with Gasteiger partial charge in [-0.15, -0.1) is 11.3 Å². The molecule has 1 aromatic heterocycles. The molecule has 0 spiro atoms. The van der Waals surface area contributed by atoms with Gasteiger partial charge in [0.1, 0.15) is 5.82 Å². The van der Waals surface area contributed by atoms with E-state index < -0.39 is 20.9 Å². The van der Waals surface area contributed by atoms with Crippen LogP contribution in [-0.2, 0) is 14.6 Å². The topological polar surface area (TPSA) is 67.3 Å². The van der Waals surface area contributed by atoms with Crippen LogP contribution in [0.2, 0.25) is 0 Å². The maximum atomic E-state index is 14.1. The summed E-state index contributed by atoms with van der Waals surface area (Å²) in [6.45, 7) is 0.421. The predicted octanol–water partition coefficient (Wildman–Crippen LogP) is 3.92. The Morgan fingerprint density at radius 1 is 1.17 bits per heavy atom. The number of thiazole rings is 1. The van der Waals surface area contributed by atoms with Crippen LogP contribution in [0.15, 0.2) is 52.9 Å². The van der Waals surface area contributed by atoms with E-state index in [1.165, 1.54) is 41.3 Å². The molecule has 1 fully saturated rings. The second kappa shape index (κ2) is 8.41. The molecule has 1 atom stereocenters. The minimum Gasteiger partial charge on any atom is -0.341 e. The fourth-order valence-corrected chi connectivity index (χ4v) is 7.18. The third kappa shape index (κ3) is 4.46. The zero-order valence-electron chi connectivity index (χ0n) is 15.5. The molecular formula is C20H19FN2O3S3. The number of carbonyl (C=O) groups excluding carboxylic acids is 1. The number of hydrogen-bond donors (Lipinski definition) is 0. The lowest BCUT2D eigenvalue weighted by Crippen LogP contribution is -2.34. The first kappa shape index (κ1) is 20.3. The molecular weight excluding hydrogens is 431 g/mol. The molecule has 9 heteroatoms. The molecule has 0 aliphatic carbocycles. The Morgan fingerprint density at radius 3 is 2.72 bits per heavy atom. The average Bonchev–Trinajstić information content (AvgIpc) is 3.05. The number of halogens is 1. The molecule has 3 aromatic rings. The van der Waals surface area contributed by atoms with Crippen molar-refractivity contribution in [2.24, 2.45) is 0 Å². The maximum Gasteiger partial charge on any atom is 0.233 e. The normalized spacial score (nSPS) is 19.2. The van der Waals surface area contributed by atoms with Crippen LogP contribution in [0.3, 0.4) is 0 Å². The molecule has 1 unspecified atom stereocenters. The van der Waals surface area contributed by atoms with Gasteiger partial charge in [0, 0.05) is 18.7 Å². The van der Waals surface area contributed by atoms with Crippen molar-refractivity contribution < 1.29 is 17.6 Å². The first-order valence-corrected chi connectivity index (χ1v) is 12.7. The summed E-state index contributed by atoms with van der Waals surface area (Å²) < 4.78 is 41.4. The standard InChI is InChI=1S/C20H19FN2O3S3/c21-15-6-2-1-5-14(15)18-9-10-23(11-12-29(18,25)26)19(24)13-27-20-22-16-7-3-4-8-17(16)28-20/h1-8,18H,9-13H2. The summed E-state index contributed by atoms with van der Waals surface area (Å²) in [5.74, 6) is -0.612.